The van der Waals surface area contributed by atoms with E-state index in [1.54, 1.807) is 24.3 Å². The third-order valence-electron chi connectivity index (χ3n) is 2.51. The number of rotatable bonds is 4. The van der Waals surface area contributed by atoms with E-state index in [0.717, 1.165) is 23.7 Å². The second-order valence-corrected chi connectivity index (χ2v) is 3.88. The fraction of sp³-hybridized carbons (Fsp3) is 0.308. The highest BCUT2D eigenvalue weighted by Gasteiger charge is 2.04. The van der Waals surface area contributed by atoms with Crippen LogP contribution in [0.5, 0.6) is 11.5 Å². The Morgan fingerprint density at radius 2 is 2.00 bits per heavy atom. The highest BCUT2D eigenvalue weighted by atomic mass is 16.5. The monoisotopic (exact) mass is 232 g/mol. The molecule has 4 heteroatoms. The summed E-state index contributed by atoms with van der Waals surface area (Å²) in [5, 5.41) is 13.5. The van der Waals surface area contributed by atoms with Crippen LogP contribution in [0, 0.1) is 6.92 Å². The minimum absolute atomic E-state index is 0.242. The molecule has 2 rings (SSSR count). The van der Waals surface area contributed by atoms with E-state index in [-0.39, 0.29) is 5.75 Å². The molecule has 1 aromatic carbocycles. The SMILES string of the molecule is CCn1nc(C)cc1COc1ccc(O)cc1. The van der Waals surface area contributed by atoms with Crippen molar-refractivity contribution in [1.29, 1.82) is 0 Å². The lowest BCUT2D eigenvalue weighted by Gasteiger charge is -2.07. The lowest BCUT2D eigenvalue weighted by molar-refractivity contribution is 0.292. The van der Waals surface area contributed by atoms with Gasteiger partial charge in [0.2, 0.25) is 0 Å². The third kappa shape index (κ3) is 2.78. The van der Waals surface area contributed by atoms with Gasteiger partial charge in [-0.2, -0.15) is 5.10 Å². The summed E-state index contributed by atoms with van der Waals surface area (Å²) in [5.41, 5.74) is 2.05. The molecule has 0 radical (unpaired) electrons. The molecule has 0 saturated heterocycles. The molecule has 0 atom stereocenters. The summed E-state index contributed by atoms with van der Waals surface area (Å²) in [7, 11) is 0. The van der Waals surface area contributed by atoms with Crippen molar-refractivity contribution in [2.24, 2.45) is 0 Å². The van der Waals surface area contributed by atoms with Gasteiger partial charge in [-0.1, -0.05) is 0 Å². The van der Waals surface area contributed by atoms with E-state index in [1.165, 1.54) is 0 Å². The molecule has 0 spiro atoms. The van der Waals surface area contributed by atoms with Crippen LogP contribution in [0.2, 0.25) is 0 Å². The molecule has 2 aromatic rings. The van der Waals surface area contributed by atoms with E-state index in [9.17, 15) is 0 Å². The number of nitrogens with zero attached hydrogens (tertiary/aromatic N) is 2. The number of aromatic hydroxyl groups is 1. The molecule has 0 bridgehead atoms. The molecular weight excluding hydrogens is 216 g/mol. The van der Waals surface area contributed by atoms with Crippen molar-refractivity contribution in [3.8, 4) is 11.5 Å². The molecule has 0 fully saturated rings. The molecule has 90 valence electrons. The number of phenolic OH excluding ortho intramolecular Hbond substituents is 1. The second-order valence-electron chi connectivity index (χ2n) is 3.88. The Bertz CT molecular complexity index is 489. The molecule has 1 heterocycles. The predicted octanol–water partition coefficient (Wildman–Crippen LogP) is 2.50. The standard InChI is InChI=1S/C13H16N2O2/c1-3-15-11(8-10(2)14-15)9-17-13-6-4-12(16)5-7-13/h4-8,16H,3,9H2,1-2H3. The van der Waals surface area contributed by atoms with Gasteiger partial charge in [-0.05, 0) is 44.2 Å². The summed E-state index contributed by atoms with van der Waals surface area (Å²) in [6.07, 6.45) is 0. The summed E-state index contributed by atoms with van der Waals surface area (Å²) in [5.74, 6) is 0.983. The van der Waals surface area contributed by atoms with Crippen molar-refractivity contribution < 1.29 is 9.84 Å². The summed E-state index contributed by atoms with van der Waals surface area (Å²) in [6.45, 7) is 5.34. The molecule has 0 aliphatic carbocycles. The van der Waals surface area contributed by atoms with Crippen LogP contribution in [0.3, 0.4) is 0 Å². The Labute approximate surface area is 100 Å². The number of aryl methyl sites for hydroxylation is 2. The van der Waals surface area contributed by atoms with E-state index >= 15 is 0 Å². The molecule has 4 nitrogen and oxygen atoms in total. The summed E-state index contributed by atoms with van der Waals surface area (Å²) < 4.78 is 7.56. The van der Waals surface area contributed by atoms with Crippen LogP contribution in [0.1, 0.15) is 18.3 Å². The number of phenols is 1. The zero-order valence-corrected chi connectivity index (χ0v) is 10.1. The normalized spacial score (nSPS) is 10.5. The van der Waals surface area contributed by atoms with Gasteiger partial charge in [0.05, 0.1) is 11.4 Å². The molecule has 1 N–H and O–H groups in total. The highest BCUT2D eigenvalue weighted by molar-refractivity contribution is 5.30. The van der Waals surface area contributed by atoms with Gasteiger partial charge in [-0.25, -0.2) is 0 Å². The maximum atomic E-state index is 9.16. The maximum absolute atomic E-state index is 9.16. The van der Waals surface area contributed by atoms with Crippen LogP contribution < -0.4 is 4.74 Å². The van der Waals surface area contributed by atoms with Gasteiger partial charge in [-0.3, -0.25) is 4.68 Å². The minimum Gasteiger partial charge on any atom is -0.508 e. The Kier molecular flexibility index (Phi) is 3.32. The lowest BCUT2D eigenvalue weighted by Crippen LogP contribution is -2.05. The molecule has 0 amide bonds. The summed E-state index contributed by atoms with van der Waals surface area (Å²) in [6, 6.07) is 8.73. The van der Waals surface area contributed by atoms with E-state index in [1.807, 2.05) is 17.7 Å². The predicted molar refractivity (Wildman–Crippen MR) is 65.1 cm³/mol. The van der Waals surface area contributed by atoms with Crippen LogP contribution in [-0.4, -0.2) is 14.9 Å². The molecule has 1 aromatic heterocycles. The average molecular weight is 232 g/mol. The minimum atomic E-state index is 0.242. The van der Waals surface area contributed by atoms with Gasteiger partial charge in [0.25, 0.3) is 0 Å². The van der Waals surface area contributed by atoms with Crippen LogP contribution in [0.4, 0.5) is 0 Å². The topological polar surface area (TPSA) is 47.3 Å². The van der Waals surface area contributed by atoms with Gasteiger partial charge in [-0.15, -0.1) is 0 Å². The third-order valence-corrected chi connectivity index (χ3v) is 2.51. The van der Waals surface area contributed by atoms with Crippen LogP contribution in [0.15, 0.2) is 30.3 Å². The first-order chi connectivity index (χ1) is 8.19. The zero-order chi connectivity index (χ0) is 12.3. The average Bonchev–Trinajstić information content (AvgIpc) is 2.69. The quantitative estimate of drug-likeness (QED) is 0.881. The van der Waals surface area contributed by atoms with Crippen LogP contribution >= 0.6 is 0 Å². The van der Waals surface area contributed by atoms with Crippen LogP contribution in [-0.2, 0) is 13.2 Å². The van der Waals surface area contributed by atoms with Gasteiger partial charge >= 0.3 is 0 Å². The van der Waals surface area contributed by atoms with Crippen molar-refractivity contribution in [1.82, 2.24) is 9.78 Å². The Morgan fingerprint density at radius 1 is 1.29 bits per heavy atom. The molecule has 0 saturated carbocycles. The first-order valence-corrected chi connectivity index (χ1v) is 5.64. The highest BCUT2D eigenvalue weighted by Crippen LogP contribution is 2.17. The summed E-state index contributed by atoms with van der Waals surface area (Å²) >= 11 is 0. The number of hydrogen-bond acceptors (Lipinski definition) is 3. The van der Waals surface area contributed by atoms with E-state index < -0.39 is 0 Å². The fourth-order valence-electron chi connectivity index (χ4n) is 1.69. The van der Waals surface area contributed by atoms with E-state index in [4.69, 9.17) is 9.84 Å². The van der Waals surface area contributed by atoms with Gasteiger partial charge in [0, 0.05) is 6.54 Å². The van der Waals surface area contributed by atoms with Crippen LogP contribution in [0.25, 0.3) is 0 Å². The Hall–Kier alpha value is -1.97. The molecule has 0 aliphatic rings. The van der Waals surface area contributed by atoms with Gasteiger partial charge < -0.3 is 9.84 Å². The molecular formula is C13H16N2O2. The lowest BCUT2D eigenvalue weighted by atomic mass is 10.3. The largest absolute Gasteiger partial charge is 0.508 e. The first-order valence-electron chi connectivity index (χ1n) is 5.64. The number of ether oxygens (including phenoxy) is 1. The number of aromatic nitrogens is 2. The second kappa shape index (κ2) is 4.91. The molecule has 0 unspecified atom stereocenters. The number of benzene rings is 1. The van der Waals surface area contributed by atoms with Crippen molar-refractivity contribution >= 4 is 0 Å². The maximum Gasteiger partial charge on any atom is 0.130 e. The molecule has 17 heavy (non-hydrogen) atoms. The Balaban J connectivity index is 2.04. The van der Waals surface area contributed by atoms with E-state index in [2.05, 4.69) is 12.0 Å². The molecule has 0 aliphatic heterocycles. The van der Waals surface area contributed by atoms with E-state index in [0.29, 0.717) is 6.61 Å². The number of hydrogen-bond donors (Lipinski definition) is 1. The van der Waals surface area contributed by atoms with Crippen molar-refractivity contribution in [3.63, 3.8) is 0 Å². The Morgan fingerprint density at radius 3 is 2.65 bits per heavy atom. The van der Waals surface area contributed by atoms with Crippen molar-refractivity contribution in [3.05, 3.63) is 41.7 Å². The first kappa shape index (κ1) is 11.5. The zero-order valence-electron chi connectivity index (χ0n) is 10.1. The summed E-state index contributed by atoms with van der Waals surface area (Å²) in [4.78, 5) is 0. The van der Waals surface area contributed by atoms with Crippen molar-refractivity contribution in [2.45, 2.75) is 27.0 Å². The smallest absolute Gasteiger partial charge is 0.130 e. The fourth-order valence-corrected chi connectivity index (χ4v) is 1.69. The van der Waals surface area contributed by atoms with Gasteiger partial charge in [0.1, 0.15) is 18.1 Å². The van der Waals surface area contributed by atoms with Crippen molar-refractivity contribution in [2.75, 3.05) is 0 Å². The van der Waals surface area contributed by atoms with Gasteiger partial charge in [0.15, 0.2) is 0 Å².